The number of halogens is 1. The Hall–Kier alpha value is -1.41. The molecule has 0 saturated carbocycles. The molecule has 1 aliphatic rings. The third kappa shape index (κ3) is 2.89. The molecule has 1 aromatic carbocycles. The van der Waals surface area contributed by atoms with Gasteiger partial charge < -0.3 is 5.32 Å². The summed E-state index contributed by atoms with van der Waals surface area (Å²) < 4.78 is 28.7. The third-order valence-electron chi connectivity index (χ3n) is 3.79. The molecule has 1 aromatic heterocycles. The molecule has 3 rings (SSSR count). The summed E-state index contributed by atoms with van der Waals surface area (Å²) in [7, 11) is -2.15. The first-order chi connectivity index (χ1) is 10.5. The Morgan fingerprint density at radius 2 is 2.23 bits per heavy atom. The smallest absolute Gasteiger partial charge is 0.259 e. The van der Waals surface area contributed by atoms with Crippen LogP contribution in [0.5, 0.6) is 0 Å². The van der Waals surface area contributed by atoms with Crippen LogP contribution in [0.1, 0.15) is 17.2 Å². The number of nitrogens with zero attached hydrogens (tertiary/aromatic N) is 2. The van der Waals surface area contributed by atoms with E-state index in [1.54, 1.807) is 7.05 Å². The zero-order chi connectivity index (χ0) is 15.7. The lowest BCUT2D eigenvalue weighted by molar-refractivity contribution is 0.489. The van der Waals surface area contributed by atoms with Gasteiger partial charge in [-0.25, -0.2) is 13.1 Å². The highest BCUT2D eigenvalue weighted by Crippen LogP contribution is 2.23. The maximum atomic E-state index is 12.4. The van der Waals surface area contributed by atoms with Crippen molar-refractivity contribution in [1.29, 1.82) is 0 Å². The topological polar surface area (TPSA) is 76.0 Å². The molecule has 0 bridgehead atoms. The summed E-state index contributed by atoms with van der Waals surface area (Å²) >= 11 is 5.91. The van der Waals surface area contributed by atoms with E-state index in [1.807, 2.05) is 18.2 Å². The van der Waals surface area contributed by atoms with E-state index in [9.17, 15) is 8.42 Å². The van der Waals surface area contributed by atoms with Crippen molar-refractivity contribution in [3.05, 3.63) is 46.6 Å². The average molecular weight is 341 g/mol. The quantitative estimate of drug-likeness (QED) is 0.878. The number of sulfonamides is 1. The van der Waals surface area contributed by atoms with Gasteiger partial charge in [-0.2, -0.15) is 5.10 Å². The number of aromatic nitrogens is 2. The molecular formula is C14H17ClN4O2S. The van der Waals surface area contributed by atoms with Crippen molar-refractivity contribution in [2.24, 2.45) is 7.05 Å². The van der Waals surface area contributed by atoms with Gasteiger partial charge >= 0.3 is 0 Å². The number of fused-ring (bicyclic) bond motifs is 1. The summed E-state index contributed by atoms with van der Waals surface area (Å²) in [6, 6.07) is 8.02. The molecule has 0 amide bonds. The second-order valence-electron chi connectivity index (χ2n) is 5.23. The van der Waals surface area contributed by atoms with Crippen LogP contribution >= 0.6 is 11.6 Å². The minimum atomic E-state index is -3.70. The maximum Gasteiger partial charge on any atom is 0.259 e. The van der Waals surface area contributed by atoms with Crippen LogP contribution in [0, 0.1) is 0 Å². The molecule has 2 aromatic rings. The molecule has 0 fully saturated rings. The summed E-state index contributed by atoms with van der Waals surface area (Å²) in [5, 5.41) is 7.31. The highest BCUT2D eigenvalue weighted by molar-refractivity contribution is 7.89. The second kappa shape index (κ2) is 6.00. The van der Waals surface area contributed by atoms with Gasteiger partial charge in [0.2, 0.25) is 0 Å². The van der Waals surface area contributed by atoms with Gasteiger partial charge in [-0.3, -0.25) is 4.68 Å². The van der Waals surface area contributed by atoms with E-state index in [0.717, 1.165) is 18.5 Å². The number of rotatable bonds is 4. The van der Waals surface area contributed by atoms with Crippen molar-refractivity contribution in [1.82, 2.24) is 19.8 Å². The fraction of sp³-hybridized carbons (Fsp3) is 0.357. The first-order valence-electron chi connectivity index (χ1n) is 6.97. The van der Waals surface area contributed by atoms with Gasteiger partial charge in [-0.1, -0.05) is 35.9 Å². The second-order valence-corrected chi connectivity index (χ2v) is 7.32. The Morgan fingerprint density at radius 3 is 2.95 bits per heavy atom. The summed E-state index contributed by atoms with van der Waals surface area (Å²) in [5.74, 6) is 0. The van der Waals surface area contributed by atoms with E-state index >= 15 is 0 Å². The Bertz CT molecular complexity index is 768. The number of nitrogens with one attached hydrogen (secondary N) is 2. The molecule has 0 spiro atoms. The molecule has 0 aliphatic carbocycles. The van der Waals surface area contributed by atoms with Gasteiger partial charge in [0.15, 0.2) is 5.03 Å². The normalized spacial score (nSPS) is 18.2. The number of hydrogen-bond acceptors (Lipinski definition) is 4. The van der Waals surface area contributed by atoms with Crippen LogP contribution < -0.4 is 10.0 Å². The fourth-order valence-electron chi connectivity index (χ4n) is 2.74. The van der Waals surface area contributed by atoms with Crippen LogP contribution in [0.25, 0.3) is 0 Å². The van der Waals surface area contributed by atoms with Crippen LogP contribution in [0.15, 0.2) is 35.5 Å². The van der Waals surface area contributed by atoms with Crippen molar-refractivity contribution >= 4 is 21.6 Å². The number of hydrogen-bond donors (Lipinski definition) is 2. The lowest BCUT2D eigenvalue weighted by atomic mass is 9.95. The molecule has 2 heterocycles. The predicted molar refractivity (Wildman–Crippen MR) is 84.3 cm³/mol. The zero-order valence-corrected chi connectivity index (χ0v) is 13.7. The summed E-state index contributed by atoms with van der Waals surface area (Å²) in [5.41, 5.74) is 2.39. The largest absolute Gasteiger partial charge is 0.308 e. The summed E-state index contributed by atoms with van der Waals surface area (Å²) in [6.07, 6.45) is 2.28. The van der Waals surface area contributed by atoms with Crippen molar-refractivity contribution < 1.29 is 8.42 Å². The van der Waals surface area contributed by atoms with Gasteiger partial charge in [-0.05, 0) is 24.1 Å². The fourth-order valence-corrected chi connectivity index (χ4v) is 4.44. The minimum absolute atomic E-state index is 0.0155. The molecule has 0 saturated heterocycles. The zero-order valence-electron chi connectivity index (χ0n) is 12.1. The van der Waals surface area contributed by atoms with Crippen LogP contribution in [0.2, 0.25) is 5.02 Å². The van der Waals surface area contributed by atoms with Crippen molar-refractivity contribution in [3.63, 3.8) is 0 Å². The minimum Gasteiger partial charge on any atom is -0.308 e. The van der Waals surface area contributed by atoms with E-state index in [-0.39, 0.29) is 22.6 Å². The lowest BCUT2D eigenvalue weighted by Crippen LogP contribution is -2.39. The standard InChI is InChI=1S/C14H17ClN4O2S/c1-19-14(12(15)8-17-19)22(20,21)18-9-13-11-5-3-2-4-10(11)6-7-16-13/h2-5,8,13,16,18H,6-7,9H2,1H3. The molecule has 1 atom stereocenters. The Balaban J connectivity index is 1.79. The molecule has 6 nitrogen and oxygen atoms in total. The van der Waals surface area contributed by atoms with Crippen LogP contribution in [0.4, 0.5) is 0 Å². The van der Waals surface area contributed by atoms with Crippen molar-refractivity contribution in [2.45, 2.75) is 17.5 Å². The van der Waals surface area contributed by atoms with E-state index in [0.29, 0.717) is 0 Å². The predicted octanol–water partition coefficient (Wildman–Crippen LogP) is 1.24. The Kier molecular flexibility index (Phi) is 4.22. The monoisotopic (exact) mass is 340 g/mol. The van der Waals surface area contributed by atoms with E-state index < -0.39 is 10.0 Å². The molecule has 1 aliphatic heterocycles. The van der Waals surface area contributed by atoms with Gasteiger partial charge in [0.25, 0.3) is 10.0 Å². The Labute approximate surface area is 134 Å². The molecule has 118 valence electrons. The average Bonchev–Trinajstić information content (AvgIpc) is 2.85. The third-order valence-corrected chi connectivity index (χ3v) is 5.72. The highest BCUT2D eigenvalue weighted by atomic mass is 35.5. The SMILES string of the molecule is Cn1ncc(Cl)c1S(=O)(=O)NCC1NCCc2ccccc21. The van der Waals surface area contributed by atoms with Crippen molar-refractivity contribution in [2.75, 3.05) is 13.1 Å². The lowest BCUT2D eigenvalue weighted by Gasteiger charge is -2.27. The summed E-state index contributed by atoms with van der Waals surface area (Å²) in [4.78, 5) is 0. The highest BCUT2D eigenvalue weighted by Gasteiger charge is 2.25. The first-order valence-corrected chi connectivity index (χ1v) is 8.83. The van der Waals surface area contributed by atoms with Gasteiger partial charge in [-0.15, -0.1) is 0 Å². The number of aryl methyl sites for hydroxylation is 1. The van der Waals surface area contributed by atoms with Gasteiger partial charge in [0.1, 0.15) is 0 Å². The van der Waals surface area contributed by atoms with Crippen LogP contribution in [-0.4, -0.2) is 31.3 Å². The van der Waals surface area contributed by atoms with Crippen LogP contribution in [0.3, 0.4) is 0 Å². The summed E-state index contributed by atoms with van der Waals surface area (Å²) in [6.45, 7) is 1.09. The van der Waals surface area contributed by atoms with E-state index in [1.165, 1.54) is 16.4 Å². The van der Waals surface area contributed by atoms with Crippen molar-refractivity contribution in [3.8, 4) is 0 Å². The van der Waals surface area contributed by atoms with Crippen LogP contribution in [-0.2, 0) is 23.5 Å². The molecule has 0 radical (unpaired) electrons. The molecule has 1 unspecified atom stereocenters. The first kappa shape index (κ1) is 15.5. The van der Waals surface area contributed by atoms with E-state index in [2.05, 4.69) is 21.2 Å². The van der Waals surface area contributed by atoms with Gasteiger partial charge in [0.05, 0.1) is 11.2 Å². The molecule has 2 N–H and O–H groups in total. The maximum absolute atomic E-state index is 12.4. The number of benzene rings is 1. The molecule has 22 heavy (non-hydrogen) atoms. The van der Waals surface area contributed by atoms with Gasteiger partial charge in [0, 0.05) is 19.6 Å². The van der Waals surface area contributed by atoms with E-state index in [4.69, 9.17) is 11.6 Å². The molecule has 8 heteroatoms. The Morgan fingerprint density at radius 1 is 1.45 bits per heavy atom. The molecular weight excluding hydrogens is 324 g/mol.